The Balaban J connectivity index is 1.18. The van der Waals surface area contributed by atoms with Crippen molar-refractivity contribution >= 4 is 76.5 Å². The van der Waals surface area contributed by atoms with Gasteiger partial charge >= 0.3 is 0 Å². The molecule has 3 aromatic heterocycles. The number of hydrogen-bond acceptors (Lipinski definition) is 4. The fourth-order valence-corrected chi connectivity index (χ4v) is 7.07. The monoisotopic (exact) mass is 576 g/mol. The van der Waals surface area contributed by atoms with Crippen LogP contribution >= 0.6 is 0 Å². The summed E-state index contributed by atoms with van der Waals surface area (Å²) in [6, 6.07) is 42.2. The largest absolute Gasteiger partial charge is 0.456 e. The van der Waals surface area contributed by atoms with E-state index in [1.165, 1.54) is 16.3 Å². The number of hydrogen-bond donors (Lipinski definition) is 0. The van der Waals surface area contributed by atoms with Crippen LogP contribution in [-0.2, 0) is 0 Å². The quantitative estimate of drug-likeness (QED) is 0.192. The van der Waals surface area contributed by atoms with Gasteiger partial charge in [-0.05, 0) is 53.6 Å². The van der Waals surface area contributed by atoms with Gasteiger partial charge in [0, 0.05) is 38.1 Å². The van der Waals surface area contributed by atoms with E-state index in [9.17, 15) is 0 Å². The zero-order valence-corrected chi connectivity index (χ0v) is 24.3. The second kappa shape index (κ2) is 9.01. The predicted molar refractivity (Wildman–Crippen MR) is 185 cm³/mol. The smallest absolute Gasteiger partial charge is 0.147 e. The molecule has 45 heavy (non-hydrogen) atoms. The van der Waals surface area contributed by atoms with Crippen molar-refractivity contribution in [2.45, 2.75) is 6.92 Å². The van der Waals surface area contributed by atoms with Crippen molar-refractivity contribution < 1.29 is 8.83 Å². The molecule has 10 aromatic rings. The van der Waals surface area contributed by atoms with Crippen LogP contribution in [0.5, 0.6) is 0 Å². The lowest BCUT2D eigenvalue weighted by Gasteiger charge is -2.11. The van der Waals surface area contributed by atoms with Crippen molar-refractivity contribution in [1.82, 2.24) is 9.97 Å². The van der Waals surface area contributed by atoms with Gasteiger partial charge < -0.3 is 8.83 Å². The lowest BCUT2D eigenvalue weighted by atomic mass is 9.98. The molecule has 0 aliphatic heterocycles. The summed E-state index contributed by atoms with van der Waals surface area (Å²) in [5.74, 6) is 0. The highest BCUT2D eigenvalue weighted by Crippen LogP contribution is 2.42. The first kappa shape index (κ1) is 24.4. The molecule has 4 nitrogen and oxygen atoms in total. The molecule has 0 saturated heterocycles. The number of aromatic nitrogens is 2. The Bertz CT molecular complexity index is 2800. The van der Waals surface area contributed by atoms with Crippen molar-refractivity contribution in [2.24, 2.45) is 0 Å². The normalized spacial score (nSPS) is 12.1. The summed E-state index contributed by atoms with van der Waals surface area (Å²) in [6.07, 6.45) is 1.90. The van der Waals surface area contributed by atoms with Crippen LogP contribution in [0.25, 0.3) is 98.8 Å². The summed E-state index contributed by atoms with van der Waals surface area (Å²) in [5, 5.41) is 8.87. The minimum Gasteiger partial charge on any atom is -0.456 e. The topological polar surface area (TPSA) is 52.1 Å². The third kappa shape index (κ3) is 3.48. The van der Waals surface area contributed by atoms with E-state index in [1.54, 1.807) is 0 Å². The average molecular weight is 577 g/mol. The SMILES string of the molecule is Cc1ccc2oc3ccc4c5cccc(-c6cccc(-c7cnc8c9ccccc9c9ccccc9c8n7)c6)c5oc4c3c2c1. The number of benzene rings is 7. The van der Waals surface area contributed by atoms with Crippen LogP contribution in [0.1, 0.15) is 5.56 Å². The maximum atomic E-state index is 6.76. The summed E-state index contributed by atoms with van der Waals surface area (Å²) < 4.78 is 13.0. The number of aryl methyl sites for hydroxylation is 1. The van der Waals surface area contributed by atoms with Crippen LogP contribution in [-0.4, -0.2) is 9.97 Å². The van der Waals surface area contributed by atoms with Crippen LogP contribution in [0.2, 0.25) is 0 Å². The summed E-state index contributed by atoms with van der Waals surface area (Å²) in [7, 11) is 0. The highest BCUT2D eigenvalue weighted by molar-refractivity contribution is 6.24. The number of para-hydroxylation sites is 1. The second-order valence-electron chi connectivity index (χ2n) is 11.8. The Morgan fingerprint density at radius 2 is 1.18 bits per heavy atom. The zero-order chi connectivity index (χ0) is 29.6. The molecule has 0 radical (unpaired) electrons. The van der Waals surface area contributed by atoms with Gasteiger partial charge in [-0.1, -0.05) is 96.6 Å². The molecular weight excluding hydrogens is 552 g/mol. The molecule has 0 N–H and O–H groups in total. The molecule has 3 heterocycles. The van der Waals surface area contributed by atoms with E-state index in [0.717, 1.165) is 88.1 Å². The lowest BCUT2D eigenvalue weighted by molar-refractivity contribution is 0.663. The number of nitrogens with zero attached hydrogens (tertiary/aromatic N) is 2. The van der Waals surface area contributed by atoms with Gasteiger partial charge in [0.25, 0.3) is 0 Å². The fraction of sp³-hybridized carbons (Fsp3) is 0.0244. The number of fused-ring (bicyclic) bond motifs is 13. The van der Waals surface area contributed by atoms with E-state index in [0.29, 0.717) is 0 Å². The minimum atomic E-state index is 0.834. The Morgan fingerprint density at radius 3 is 2.02 bits per heavy atom. The van der Waals surface area contributed by atoms with Crippen molar-refractivity contribution in [2.75, 3.05) is 0 Å². The van der Waals surface area contributed by atoms with Crippen LogP contribution in [0.4, 0.5) is 0 Å². The van der Waals surface area contributed by atoms with Gasteiger partial charge in [0.2, 0.25) is 0 Å². The molecule has 0 unspecified atom stereocenters. The van der Waals surface area contributed by atoms with Gasteiger partial charge in [-0.2, -0.15) is 0 Å². The van der Waals surface area contributed by atoms with Gasteiger partial charge in [0.1, 0.15) is 22.3 Å². The highest BCUT2D eigenvalue weighted by atomic mass is 16.3. The van der Waals surface area contributed by atoms with Crippen molar-refractivity contribution in [3.63, 3.8) is 0 Å². The molecule has 7 aromatic carbocycles. The van der Waals surface area contributed by atoms with E-state index < -0.39 is 0 Å². The molecule has 0 fully saturated rings. The van der Waals surface area contributed by atoms with Gasteiger partial charge in [0.15, 0.2) is 0 Å². The van der Waals surface area contributed by atoms with E-state index in [1.807, 2.05) is 12.3 Å². The molecular formula is C41H24N2O2. The van der Waals surface area contributed by atoms with E-state index >= 15 is 0 Å². The maximum absolute atomic E-state index is 6.76. The molecule has 0 saturated carbocycles. The van der Waals surface area contributed by atoms with Crippen molar-refractivity contribution in [1.29, 1.82) is 0 Å². The molecule has 0 atom stereocenters. The lowest BCUT2D eigenvalue weighted by Crippen LogP contribution is -1.92. The van der Waals surface area contributed by atoms with Gasteiger partial charge in [-0.25, -0.2) is 4.98 Å². The van der Waals surface area contributed by atoms with Gasteiger partial charge in [-0.15, -0.1) is 0 Å². The predicted octanol–water partition coefficient (Wildman–Crippen LogP) is 11.4. The Hall–Kier alpha value is -6.00. The molecule has 210 valence electrons. The maximum Gasteiger partial charge on any atom is 0.147 e. The molecule has 4 heteroatoms. The highest BCUT2D eigenvalue weighted by Gasteiger charge is 2.19. The van der Waals surface area contributed by atoms with E-state index in [-0.39, 0.29) is 0 Å². The van der Waals surface area contributed by atoms with Gasteiger partial charge in [-0.3, -0.25) is 4.98 Å². The zero-order valence-electron chi connectivity index (χ0n) is 24.3. The van der Waals surface area contributed by atoms with Crippen LogP contribution in [0.15, 0.2) is 136 Å². The molecule has 10 rings (SSSR count). The van der Waals surface area contributed by atoms with Crippen molar-refractivity contribution in [3.05, 3.63) is 133 Å². The minimum absolute atomic E-state index is 0.834. The Morgan fingerprint density at radius 1 is 0.489 bits per heavy atom. The molecule has 0 aliphatic rings. The standard InChI is InChI=1S/C41H24N2O2/c1-23-16-18-35-33(20-23)37-36(44-35)19-17-32-31-15-7-14-26(40(31)45-41(32)37)24-8-6-9-25(21-24)34-22-42-38-29-12-4-2-10-27(29)28-11-3-5-13-30(28)39(38)43-34/h2-22H,1H3. The Labute approximate surface area is 257 Å². The first-order valence-corrected chi connectivity index (χ1v) is 15.2. The number of furan rings is 2. The molecule has 0 aliphatic carbocycles. The number of rotatable bonds is 2. The summed E-state index contributed by atoms with van der Waals surface area (Å²) in [5.41, 5.74) is 10.4. The summed E-state index contributed by atoms with van der Waals surface area (Å²) >= 11 is 0. The molecule has 0 spiro atoms. The fourth-order valence-electron chi connectivity index (χ4n) is 7.07. The van der Waals surface area contributed by atoms with Crippen LogP contribution in [0.3, 0.4) is 0 Å². The first-order chi connectivity index (χ1) is 22.2. The summed E-state index contributed by atoms with van der Waals surface area (Å²) in [4.78, 5) is 10.2. The van der Waals surface area contributed by atoms with Crippen LogP contribution in [0, 0.1) is 6.92 Å². The van der Waals surface area contributed by atoms with E-state index in [2.05, 4.69) is 122 Å². The first-order valence-electron chi connectivity index (χ1n) is 15.2. The molecule has 0 bridgehead atoms. The van der Waals surface area contributed by atoms with E-state index in [4.69, 9.17) is 18.8 Å². The van der Waals surface area contributed by atoms with Crippen molar-refractivity contribution in [3.8, 4) is 22.4 Å². The Kier molecular flexibility index (Phi) is 4.89. The molecule has 0 amide bonds. The summed E-state index contributed by atoms with van der Waals surface area (Å²) in [6.45, 7) is 2.10. The third-order valence-electron chi connectivity index (χ3n) is 9.15. The average Bonchev–Trinajstić information content (AvgIpc) is 3.66. The third-order valence-corrected chi connectivity index (χ3v) is 9.15. The van der Waals surface area contributed by atoms with Crippen LogP contribution < -0.4 is 0 Å². The van der Waals surface area contributed by atoms with Gasteiger partial charge in [0.05, 0.1) is 28.3 Å². The second-order valence-corrected chi connectivity index (χ2v) is 11.8.